The number of rotatable bonds is 5. The molecular weight excluding hydrogens is 369 g/mol. The number of carbonyl (C=O) groups is 1. The van der Waals surface area contributed by atoms with Gasteiger partial charge in [-0.15, -0.1) is 0 Å². The summed E-state index contributed by atoms with van der Waals surface area (Å²) < 4.78 is 14.5. The van der Waals surface area contributed by atoms with Crippen molar-refractivity contribution < 1.29 is 9.18 Å². The van der Waals surface area contributed by atoms with E-state index in [1.54, 1.807) is 30.6 Å². The van der Waals surface area contributed by atoms with Gasteiger partial charge in [-0.2, -0.15) is 5.10 Å². The Bertz CT molecular complexity index is 993. The highest BCUT2D eigenvalue weighted by molar-refractivity contribution is 6.05. The van der Waals surface area contributed by atoms with Gasteiger partial charge in [-0.05, 0) is 30.9 Å². The van der Waals surface area contributed by atoms with Gasteiger partial charge in [0.2, 0.25) is 0 Å². The number of amides is 1. The predicted octanol–water partition coefficient (Wildman–Crippen LogP) is 3.61. The van der Waals surface area contributed by atoms with Crippen LogP contribution in [0.15, 0.2) is 36.7 Å². The molecule has 2 N–H and O–H groups in total. The molecule has 1 saturated heterocycles. The summed E-state index contributed by atoms with van der Waals surface area (Å²) in [6.07, 6.45) is 5.10. The number of likely N-dealkylation sites (tertiary alicyclic amines) is 1. The standard InChI is InChI=1S/C22H26FN5O/c1-14(2)13-28-8-5-16(6-9-28)25-22(29)21-18-10-17(15-4-3-7-24-12-15)19(23)11-20(18)26-27-21/h3-4,7,10-12,14,16H,5-6,8-9,13H2,1-2H3,(H,25,29)(H,26,27). The molecule has 1 fully saturated rings. The van der Waals surface area contributed by atoms with Crippen molar-refractivity contribution in [1.82, 2.24) is 25.4 Å². The number of benzene rings is 1. The maximum atomic E-state index is 14.5. The number of nitrogens with zero attached hydrogens (tertiary/aromatic N) is 3. The first-order chi connectivity index (χ1) is 14.0. The largest absolute Gasteiger partial charge is 0.348 e. The zero-order valence-electron chi connectivity index (χ0n) is 16.8. The van der Waals surface area contributed by atoms with E-state index in [2.05, 4.69) is 39.2 Å². The molecule has 0 radical (unpaired) electrons. The number of hydrogen-bond donors (Lipinski definition) is 2. The molecule has 0 bridgehead atoms. The molecule has 0 unspecified atom stereocenters. The third kappa shape index (κ3) is 4.29. The van der Waals surface area contributed by atoms with Gasteiger partial charge in [-0.25, -0.2) is 4.39 Å². The summed E-state index contributed by atoms with van der Waals surface area (Å²) in [6.45, 7) is 7.51. The first-order valence-corrected chi connectivity index (χ1v) is 10.1. The van der Waals surface area contributed by atoms with E-state index >= 15 is 0 Å². The number of carbonyl (C=O) groups excluding carboxylic acids is 1. The molecule has 4 rings (SSSR count). The van der Waals surface area contributed by atoms with Crippen molar-refractivity contribution in [2.75, 3.05) is 19.6 Å². The molecule has 7 heteroatoms. The maximum absolute atomic E-state index is 14.5. The monoisotopic (exact) mass is 395 g/mol. The lowest BCUT2D eigenvalue weighted by molar-refractivity contribution is 0.0904. The second-order valence-corrected chi connectivity index (χ2v) is 8.13. The van der Waals surface area contributed by atoms with Crippen LogP contribution in [0.25, 0.3) is 22.0 Å². The maximum Gasteiger partial charge on any atom is 0.272 e. The van der Waals surface area contributed by atoms with Gasteiger partial charge in [0.1, 0.15) is 5.82 Å². The first-order valence-electron chi connectivity index (χ1n) is 10.1. The van der Waals surface area contributed by atoms with Gasteiger partial charge in [0.25, 0.3) is 5.91 Å². The van der Waals surface area contributed by atoms with Crippen LogP contribution in [0.5, 0.6) is 0 Å². The fourth-order valence-electron chi connectivity index (χ4n) is 3.98. The second kappa shape index (κ2) is 8.29. The Labute approximate surface area is 169 Å². The summed E-state index contributed by atoms with van der Waals surface area (Å²) in [6, 6.07) is 6.74. The van der Waals surface area contributed by atoms with Crippen molar-refractivity contribution in [2.45, 2.75) is 32.7 Å². The Balaban J connectivity index is 1.51. The fraction of sp³-hybridized carbons (Fsp3) is 0.409. The van der Waals surface area contributed by atoms with Gasteiger partial charge in [0, 0.05) is 60.6 Å². The third-order valence-corrected chi connectivity index (χ3v) is 5.38. The van der Waals surface area contributed by atoms with Crippen LogP contribution in [0, 0.1) is 11.7 Å². The number of aromatic amines is 1. The van der Waals surface area contributed by atoms with E-state index in [1.165, 1.54) is 6.07 Å². The van der Waals surface area contributed by atoms with E-state index in [0.29, 0.717) is 33.6 Å². The number of aromatic nitrogens is 3. The smallest absolute Gasteiger partial charge is 0.272 e. The predicted molar refractivity (Wildman–Crippen MR) is 111 cm³/mol. The zero-order chi connectivity index (χ0) is 20.4. The normalized spacial score (nSPS) is 15.9. The Morgan fingerprint density at radius 2 is 2.14 bits per heavy atom. The SMILES string of the molecule is CC(C)CN1CCC(NC(=O)c2n[nH]c3cc(F)c(-c4cccnc4)cc23)CC1. The topological polar surface area (TPSA) is 73.9 Å². The van der Waals surface area contributed by atoms with Crippen LogP contribution in [0.4, 0.5) is 4.39 Å². The van der Waals surface area contributed by atoms with Crippen molar-refractivity contribution in [1.29, 1.82) is 0 Å². The number of piperidine rings is 1. The summed E-state index contributed by atoms with van der Waals surface area (Å²) in [4.78, 5) is 19.4. The lowest BCUT2D eigenvalue weighted by Gasteiger charge is -2.33. The molecule has 1 aliphatic rings. The molecule has 0 atom stereocenters. The minimum Gasteiger partial charge on any atom is -0.348 e. The number of H-pyrrole nitrogens is 1. The Morgan fingerprint density at radius 3 is 2.83 bits per heavy atom. The molecule has 1 amide bonds. The summed E-state index contributed by atoms with van der Waals surface area (Å²) in [5.41, 5.74) is 1.88. The van der Waals surface area contributed by atoms with Gasteiger partial charge in [-0.3, -0.25) is 14.9 Å². The fourth-order valence-corrected chi connectivity index (χ4v) is 3.98. The van der Waals surface area contributed by atoms with E-state index in [0.717, 1.165) is 32.5 Å². The number of halogens is 1. The van der Waals surface area contributed by atoms with Crippen LogP contribution in [0.2, 0.25) is 0 Å². The van der Waals surface area contributed by atoms with Crippen molar-refractivity contribution >= 4 is 16.8 Å². The van der Waals surface area contributed by atoms with E-state index in [1.807, 2.05) is 0 Å². The Morgan fingerprint density at radius 1 is 1.34 bits per heavy atom. The summed E-state index contributed by atoms with van der Waals surface area (Å²) in [5, 5.41) is 10.7. The van der Waals surface area contributed by atoms with Crippen LogP contribution in [-0.4, -0.2) is 51.7 Å². The average Bonchev–Trinajstić information content (AvgIpc) is 3.12. The van der Waals surface area contributed by atoms with Crippen molar-refractivity contribution in [3.05, 3.63) is 48.2 Å². The molecule has 0 saturated carbocycles. The minimum atomic E-state index is -0.376. The summed E-state index contributed by atoms with van der Waals surface area (Å²) >= 11 is 0. The van der Waals surface area contributed by atoms with Gasteiger partial charge in [0.15, 0.2) is 5.69 Å². The van der Waals surface area contributed by atoms with E-state index in [-0.39, 0.29) is 17.8 Å². The van der Waals surface area contributed by atoms with Crippen molar-refractivity contribution in [3.63, 3.8) is 0 Å². The lowest BCUT2D eigenvalue weighted by atomic mass is 10.0. The summed E-state index contributed by atoms with van der Waals surface area (Å²) in [5.74, 6) is 0.0481. The minimum absolute atomic E-state index is 0.135. The van der Waals surface area contributed by atoms with Gasteiger partial charge < -0.3 is 10.2 Å². The molecule has 0 spiro atoms. The summed E-state index contributed by atoms with van der Waals surface area (Å²) in [7, 11) is 0. The first kappa shape index (κ1) is 19.5. The molecule has 29 heavy (non-hydrogen) atoms. The van der Waals surface area contributed by atoms with E-state index < -0.39 is 0 Å². The quantitative estimate of drug-likeness (QED) is 0.692. The van der Waals surface area contributed by atoms with Crippen LogP contribution >= 0.6 is 0 Å². The van der Waals surface area contributed by atoms with Crippen LogP contribution in [0.1, 0.15) is 37.2 Å². The molecular formula is C22H26FN5O. The zero-order valence-corrected chi connectivity index (χ0v) is 16.8. The second-order valence-electron chi connectivity index (χ2n) is 8.13. The molecule has 3 aromatic rings. The highest BCUT2D eigenvalue weighted by Crippen LogP contribution is 2.28. The third-order valence-electron chi connectivity index (χ3n) is 5.38. The molecule has 0 aliphatic carbocycles. The molecule has 1 aliphatic heterocycles. The average molecular weight is 395 g/mol. The molecule has 2 aromatic heterocycles. The lowest BCUT2D eigenvalue weighted by Crippen LogP contribution is -2.45. The molecule has 1 aromatic carbocycles. The number of pyridine rings is 1. The number of nitrogens with one attached hydrogen (secondary N) is 2. The Kier molecular flexibility index (Phi) is 5.58. The highest BCUT2D eigenvalue weighted by Gasteiger charge is 2.24. The Hall–Kier alpha value is -2.80. The van der Waals surface area contributed by atoms with Gasteiger partial charge in [-0.1, -0.05) is 19.9 Å². The molecule has 6 nitrogen and oxygen atoms in total. The van der Waals surface area contributed by atoms with Crippen LogP contribution in [-0.2, 0) is 0 Å². The van der Waals surface area contributed by atoms with Crippen molar-refractivity contribution in [3.8, 4) is 11.1 Å². The van der Waals surface area contributed by atoms with Crippen molar-refractivity contribution in [2.24, 2.45) is 5.92 Å². The molecule has 3 heterocycles. The van der Waals surface area contributed by atoms with Gasteiger partial charge in [0.05, 0.1) is 5.52 Å². The van der Waals surface area contributed by atoms with Gasteiger partial charge >= 0.3 is 0 Å². The van der Waals surface area contributed by atoms with Crippen LogP contribution < -0.4 is 5.32 Å². The number of fused-ring (bicyclic) bond motifs is 1. The van der Waals surface area contributed by atoms with E-state index in [9.17, 15) is 9.18 Å². The van der Waals surface area contributed by atoms with Crippen LogP contribution in [0.3, 0.4) is 0 Å². The molecule has 152 valence electrons. The van der Waals surface area contributed by atoms with E-state index in [4.69, 9.17) is 0 Å². The number of hydrogen-bond acceptors (Lipinski definition) is 4. The highest BCUT2D eigenvalue weighted by atomic mass is 19.1.